The SMILES string of the molecule is C=C(C)C(=O)O.[O-][Cl+3]([O-])([O-])O. The summed E-state index contributed by atoms with van der Waals surface area (Å²) in [6.45, 7) is 4.60. The van der Waals surface area contributed by atoms with E-state index in [0.717, 1.165) is 0 Å². The molecule has 0 aliphatic rings. The summed E-state index contributed by atoms with van der Waals surface area (Å²) in [5.74, 6) is -0.935. The maximum absolute atomic E-state index is 9.60. The second-order valence-corrected chi connectivity index (χ2v) is 2.27. The Labute approximate surface area is 64.7 Å². The number of carboxylic acid groups (broad SMARTS) is 1. The van der Waals surface area contributed by atoms with Crippen LogP contribution in [0.25, 0.3) is 0 Å². The third kappa shape index (κ3) is 45.1. The Morgan fingerprint density at radius 3 is 1.55 bits per heavy atom. The molecule has 0 bridgehead atoms. The van der Waals surface area contributed by atoms with Gasteiger partial charge in [-0.3, -0.25) is 0 Å². The largest absolute Gasteiger partial charge is 0.478 e. The van der Waals surface area contributed by atoms with Gasteiger partial charge in [0.15, 0.2) is 0 Å². The summed E-state index contributed by atoms with van der Waals surface area (Å²) in [6, 6.07) is 0. The van der Waals surface area contributed by atoms with Gasteiger partial charge in [-0.25, -0.2) is 4.79 Å². The quantitative estimate of drug-likeness (QED) is 0.410. The molecule has 7 heteroatoms. The Kier molecular flexibility index (Phi) is 5.96. The van der Waals surface area contributed by atoms with Crippen LogP contribution >= 0.6 is 0 Å². The first kappa shape index (κ1) is 13.0. The Balaban J connectivity index is 0. The minimum Gasteiger partial charge on any atom is -0.478 e. The van der Waals surface area contributed by atoms with Crippen LogP contribution in [-0.2, 0) is 4.79 Å². The van der Waals surface area contributed by atoms with E-state index in [-0.39, 0.29) is 5.57 Å². The monoisotopic (exact) mass is 186 g/mol. The molecule has 0 amide bonds. The normalized spacial score (nSPS) is 9.55. The molecule has 66 valence electrons. The number of rotatable bonds is 1. The average Bonchev–Trinajstić information content (AvgIpc) is 1.59. The molecular weight excluding hydrogens is 179 g/mol. The summed E-state index contributed by atoms with van der Waals surface area (Å²) in [7, 11) is -4.69. The molecule has 6 nitrogen and oxygen atoms in total. The van der Waals surface area contributed by atoms with Gasteiger partial charge >= 0.3 is 5.97 Å². The Hall–Kier alpha value is -0.660. The van der Waals surface area contributed by atoms with Crippen molar-refractivity contribution in [1.82, 2.24) is 0 Å². The molecule has 11 heavy (non-hydrogen) atoms. The summed E-state index contributed by atoms with van der Waals surface area (Å²) in [6.07, 6.45) is 0. The number of aliphatic carboxylic acids is 1. The molecule has 0 fully saturated rings. The minimum absolute atomic E-state index is 0.176. The minimum atomic E-state index is -4.69. The van der Waals surface area contributed by atoms with Crippen molar-refractivity contribution in [1.29, 1.82) is 0 Å². The van der Waals surface area contributed by atoms with E-state index in [0.29, 0.717) is 0 Å². The molecule has 0 aromatic carbocycles. The predicted octanol–water partition coefficient (Wildman–Crippen LogP) is -3.48. The van der Waals surface area contributed by atoms with Crippen LogP contribution in [0.4, 0.5) is 0 Å². The smallest absolute Gasteiger partial charge is 0.330 e. The summed E-state index contributed by atoms with van der Waals surface area (Å²) >= 11 is 0. The molecule has 0 spiro atoms. The first-order valence-electron chi connectivity index (χ1n) is 2.16. The molecule has 0 radical (unpaired) electrons. The molecule has 0 rings (SSSR count). The molecular formula is C4H7ClO6. The molecule has 0 unspecified atom stereocenters. The van der Waals surface area contributed by atoms with Crippen molar-refractivity contribution >= 4 is 5.97 Å². The van der Waals surface area contributed by atoms with Crippen LogP contribution in [0, 0.1) is 10.2 Å². The summed E-state index contributed by atoms with van der Waals surface area (Å²) in [4.78, 5) is 9.60. The van der Waals surface area contributed by atoms with Crippen LogP contribution in [0.1, 0.15) is 6.92 Å². The molecule has 2 N–H and O–H groups in total. The van der Waals surface area contributed by atoms with Crippen molar-refractivity contribution in [3.05, 3.63) is 12.2 Å². The first-order chi connectivity index (χ1) is 4.64. The number of halogens is 1. The van der Waals surface area contributed by atoms with Gasteiger partial charge in [-0.1, -0.05) is 6.58 Å². The second-order valence-electron chi connectivity index (χ2n) is 1.48. The molecule has 0 aliphatic carbocycles. The van der Waals surface area contributed by atoms with Crippen molar-refractivity contribution < 1.29 is 38.8 Å². The van der Waals surface area contributed by atoms with Gasteiger partial charge in [-0.05, 0) is 6.92 Å². The highest BCUT2D eigenvalue weighted by Crippen LogP contribution is 1.81. The average molecular weight is 187 g/mol. The second kappa shape index (κ2) is 5.05. The maximum Gasteiger partial charge on any atom is 0.330 e. The molecule has 0 atom stereocenters. The van der Waals surface area contributed by atoms with Crippen LogP contribution in [0.2, 0.25) is 0 Å². The van der Waals surface area contributed by atoms with Crippen LogP contribution < -0.4 is 14.0 Å². The van der Waals surface area contributed by atoms with Crippen LogP contribution in [0.3, 0.4) is 0 Å². The fourth-order valence-electron chi connectivity index (χ4n) is 0. The van der Waals surface area contributed by atoms with E-state index < -0.39 is 16.2 Å². The highest BCUT2D eigenvalue weighted by molar-refractivity contribution is 5.84. The lowest BCUT2D eigenvalue weighted by molar-refractivity contribution is -1.92. The van der Waals surface area contributed by atoms with Gasteiger partial charge < -0.3 is 5.11 Å². The van der Waals surface area contributed by atoms with Gasteiger partial charge in [0.25, 0.3) is 0 Å². The molecule has 0 saturated carbocycles. The van der Waals surface area contributed by atoms with Crippen LogP contribution in [0.5, 0.6) is 0 Å². The van der Waals surface area contributed by atoms with Gasteiger partial charge in [-0.2, -0.15) is 14.0 Å². The van der Waals surface area contributed by atoms with Crippen molar-refractivity contribution in [3.63, 3.8) is 0 Å². The standard InChI is InChI=1S/C4H6O2.ClHO4/c1-3(2)4(5)6;2-1(3,4)5/h1H2,2H3,(H,5,6);(H,2,3,4,5). The first-order valence-corrected chi connectivity index (χ1v) is 3.43. The zero-order valence-corrected chi connectivity index (χ0v) is 6.37. The predicted molar refractivity (Wildman–Crippen MR) is 24.7 cm³/mol. The lowest BCUT2D eigenvalue weighted by atomic mass is 10.4. The fourth-order valence-corrected chi connectivity index (χ4v) is 0. The van der Waals surface area contributed by atoms with Gasteiger partial charge in [0.2, 0.25) is 0 Å². The van der Waals surface area contributed by atoms with E-state index in [9.17, 15) is 4.79 Å². The molecule has 0 aliphatic heterocycles. The van der Waals surface area contributed by atoms with E-state index in [1.807, 2.05) is 0 Å². The number of carboxylic acids is 1. The summed E-state index contributed by atoms with van der Waals surface area (Å²) in [5.41, 5.74) is 0.176. The molecule has 0 heterocycles. The Morgan fingerprint density at radius 2 is 1.55 bits per heavy atom. The van der Waals surface area contributed by atoms with E-state index in [1.54, 1.807) is 0 Å². The van der Waals surface area contributed by atoms with E-state index in [1.165, 1.54) is 6.92 Å². The van der Waals surface area contributed by atoms with Crippen molar-refractivity contribution in [2.75, 3.05) is 0 Å². The van der Waals surface area contributed by atoms with Gasteiger partial charge in [0.05, 0.1) is 14.9 Å². The molecule has 0 saturated heterocycles. The molecule has 0 aromatic heterocycles. The van der Waals surface area contributed by atoms with E-state index in [4.69, 9.17) is 23.7 Å². The van der Waals surface area contributed by atoms with Gasteiger partial charge in [-0.15, -0.1) is 0 Å². The lowest BCUT2D eigenvalue weighted by Gasteiger charge is -2.03. The summed E-state index contributed by atoms with van der Waals surface area (Å²) in [5, 5.41) is 7.89. The molecule has 0 aromatic rings. The van der Waals surface area contributed by atoms with Crippen molar-refractivity contribution in [3.8, 4) is 0 Å². The van der Waals surface area contributed by atoms with E-state index in [2.05, 4.69) is 6.58 Å². The van der Waals surface area contributed by atoms with Gasteiger partial charge in [0, 0.05) is 5.57 Å². The summed E-state index contributed by atoms with van der Waals surface area (Å²) < 4.78 is 32.7. The van der Waals surface area contributed by atoms with Gasteiger partial charge in [0.1, 0.15) is 0 Å². The van der Waals surface area contributed by atoms with E-state index >= 15 is 0 Å². The Bertz CT molecular complexity index is 129. The third-order valence-corrected chi connectivity index (χ3v) is 0.365. The number of hydrogen-bond donors (Lipinski definition) is 2. The van der Waals surface area contributed by atoms with Crippen LogP contribution in [-0.4, -0.2) is 15.7 Å². The highest BCUT2D eigenvalue weighted by atomic mass is 35.7. The number of carbonyl (C=O) groups is 1. The highest BCUT2D eigenvalue weighted by Gasteiger charge is 1.98. The van der Waals surface area contributed by atoms with Crippen molar-refractivity contribution in [2.24, 2.45) is 0 Å². The number of hydrogen-bond acceptors (Lipinski definition) is 5. The maximum atomic E-state index is 9.60. The zero-order valence-electron chi connectivity index (χ0n) is 5.61. The Morgan fingerprint density at radius 1 is 1.45 bits per heavy atom. The topological polar surface area (TPSA) is 127 Å². The third-order valence-electron chi connectivity index (χ3n) is 0.365. The lowest BCUT2D eigenvalue weighted by Crippen LogP contribution is -2.58. The van der Waals surface area contributed by atoms with Crippen LogP contribution in [0.15, 0.2) is 12.2 Å². The zero-order chi connectivity index (χ0) is 9.65. The van der Waals surface area contributed by atoms with Crippen molar-refractivity contribution in [2.45, 2.75) is 6.92 Å². The fraction of sp³-hybridized carbons (Fsp3) is 0.250.